The van der Waals surface area contributed by atoms with E-state index >= 15 is 0 Å². The molecule has 4 N–H and O–H groups in total. The number of carbonyl (C=O) groups is 4. The van der Waals surface area contributed by atoms with Crippen LogP contribution in [0.1, 0.15) is 77.1 Å². The molecule has 0 radical (unpaired) electrons. The van der Waals surface area contributed by atoms with Crippen molar-refractivity contribution < 1.29 is 28.7 Å². The number of carbonyl (C=O) groups excluding carboxylic acids is 4. The Balaban J connectivity index is 1.05. The second-order valence-corrected chi connectivity index (χ2v) is 16.8. The van der Waals surface area contributed by atoms with E-state index in [1.54, 1.807) is 22.7 Å². The number of methoxy groups -OCH3 is 2. The Kier molecular flexibility index (Phi) is 11.5. The van der Waals surface area contributed by atoms with Gasteiger partial charge in [-0.2, -0.15) is 0 Å². The van der Waals surface area contributed by atoms with Gasteiger partial charge in [0.1, 0.15) is 23.7 Å². The lowest BCUT2D eigenvalue weighted by molar-refractivity contribution is -0.136. The molecule has 0 aliphatic carbocycles. The number of thiophene rings is 2. The molecule has 2 saturated heterocycles. The van der Waals surface area contributed by atoms with Gasteiger partial charge in [0.15, 0.2) is 0 Å². The van der Waals surface area contributed by atoms with Gasteiger partial charge in [-0.05, 0) is 48.6 Å². The average molecular weight is 801 g/mol. The number of ether oxygens (including phenoxy) is 2. The fourth-order valence-corrected chi connectivity index (χ4v) is 10.2. The van der Waals surface area contributed by atoms with E-state index in [9.17, 15) is 19.2 Å². The number of nitrogens with one attached hydrogen (secondary N) is 4. The van der Waals surface area contributed by atoms with Crippen molar-refractivity contribution in [3.8, 4) is 33.6 Å². The molecule has 4 aromatic heterocycles. The number of aromatic nitrogens is 4. The zero-order valence-corrected chi connectivity index (χ0v) is 34.0. The molecular weight excluding hydrogens is 753 g/mol. The number of amides is 4. The van der Waals surface area contributed by atoms with Gasteiger partial charge in [0, 0.05) is 35.0 Å². The van der Waals surface area contributed by atoms with Gasteiger partial charge >= 0.3 is 12.2 Å². The zero-order chi connectivity index (χ0) is 39.7. The van der Waals surface area contributed by atoms with Crippen LogP contribution in [0.15, 0.2) is 47.4 Å². The van der Waals surface area contributed by atoms with Gasteiger partial charge in [0.2, 0.25) is 11.8 Å². The van der Waals surface area contributed by atoms with Crippen LogP contribution < -0.4 is 10.6 Å². The molecule has 16 heteroatoms. The molecule has 4 atom stereocenters. The van der Waals surface area contributed by atoms with Crippen LogP contribution in [0.5, 0.6) is 0 Å². The summed E-state index contributed by atoms with van der Waals surface area (Å²) in [4.78, 5) is 71.2. The lowest BCUT2D eigenvalue weighted by atomic mass is 10.0. The van der Waals surface area contributed by atoms with Gasteiger partial charge in [-0.15, -0.1) is 22.7 Å². The molecule has 14 nitrogen and oxygen atoms in total. The predicted molar refractivity (Wildman–Crippen MR) is 216 cm³/mol. The molecule has 0 bridgehead atoms. The molecule has 2 aliphatic rings. The number of rotatable bonds is 11. The topological polar surface area (TPSA) is 175 Å². The van der Waals surface area contributed by atoms with Crippen LogP contribution in [0.3, 0.4) is 0 Å². The minimum atomic E-state index is -0.688. The maximum absolute atomic E-state index is 13.6. The van der Waals surface area contributed by atoms with E-state index in [4.69, 9.17) is 19.4 Å². The minimum Gasteiger partial charge on any atom is -0.453 e. The summed E-state index contributed by atoms with van der Waals surface area (Å²) in [5.74, 6) is 0.982. The Hall–Kier alpha value is -5.22. The first-order valence-corrected chi connectivity index (χ1v) is 20.7. The molecule has 1 unspecified atom stereocenters. The van der Waals surface area contributed by atoms with Crippen molar-refractivity contribution in [1.82, 2.24) is 40.4 Å². The Morgan fingerprint density at radius 3 is 1.64 bits per heavy atom. The van der Waals surface area contributed by atoms with E-state index in [0.29, 0.717) is 13.1 Å². The molecule has 56 heavy (non-hydrogen) atoms. The number of H-pyrrole nitrogens is 2. The van der Waals surface area contributed by atoms with E-state index in [2.05, 4.69) is 55.6 Å². The summed E-state index contributed by atoms with van der Waals surface area (Å²) >= 11 is 3.39. The van der Waals surface area contributed by atoms with Gasteiger partial charge in [0.05, 0.1) is 59.5 Å². The van der Waals surface area contributed by atoms with Crippen LogP contribution in [-0.2, 0) is 19.1 Å². The number of fused-ring (bicyclic) bond motifs is 1. The quantitative estimate of drug-likeness (QED) is 0.106. The fraction of sp³-hybridized carbons (Fsp3) is 0.450. The Morgan fingerprint density at radius 2 is 1.14 bits per heavy atom. The van der Waals surface area contributed by atoms with Crippen molar-refractivity contribution >= 4 is 56.1 Å². The summed E-state index contributed by atoms with van der Waals surface area (Å²) in [5, 5.41) is 9.75. The van der Waals surface area contributed by atoms with Gasteiger partial charge in [-0.3, -0.25) is 9.59 Å². The number of hydrogen-bond donors (Lipinski definition) is 4. The van der Waals surface area contributed by atoms with Crippen molar-refractivity contribution in [1.29, 1.82) is 0 Å². The van der Waals surface area contributed by atoms with Gasteiger partial charge in [0.25, 0.3) is 0 Å². The Labute approximate surface area is 333 Å². The Morgan fingerprint density at radius 1 is 0.696 bits per heavy atom. The van der Waals surface area contributed by atoms with Gasteiger partial charge in [-0.25, -0.2) is 19.6 Å². The molecule has 0 saturated carbocycles. The second kappa shape index (κ2) is 16.5. The number of benzene rings is 1. The summed E-state index contributed by atoms with van der Waals surface area (Å²) in [6, 6.07) is 6.61. The maximum Gasteiger partial charge on any atom is 0.407 e. The largest absolute Gasteiger partial charge is 0.453 e. The van der Waals surface area contributed by atoms with E-state index in [1.165, 1.54) is 23.6 Å². The highest BCUT2D eigenvalue weighted by Crippen LogP contribution is 2.44. The normalized spacial score (nSPS) is 18.1. The van der Waals surface area contributed by atoms with Crippen LogP contribution in [0.4, 0.5) is 9.59 Å². The summed E-state index contributed by atoms with van der Waals surface area (Å²) in [7, 11) is 2.59. The highest BCUT2D eigenvalue weighted by atomic mass is 32.1. The molecule has 296 valence electrons. The van der Waals surface area contributed by atoms with Crippen molar-refractivity contribution in [2.24, 2.45) is 11.8 Å². The maximum atomic E-state index is 13.6. The molecule has 7 rings (SSSR count). The van der Waals surface area contributed by atoms with E-state index in [-0.39, 0.29) is 35.7 Å². The van der Waals surface area contributed by atoms with Crippen molar-refractivity contribution in [3.05, 3.63) is 59.1 Å². The third-order valence-corrected chi connectivity index (χ3v) is 12.9. The lowest BCUT2D eigenvalue weighted by Gasteiger charge is -2.30. The highest BCUT2D eigenvalue weighted by Gasteiger charge is 2.39. The monoisotopic (exact) mass is 800 g/mol. The summed E-state index contributed by atoms with van der Waals surface area (Å²) in [6.45, 7) is 8.81. The van der Waals surface area contributed by atoms with Gasteiger partial charge in [-0.1, -0.05) is 52.0 Å². The Bertz CT molecular complexity index is 2200. The molecule has 2 fully saturated rings. The average Bonchev–Trinajstić information content (AvgIpc) is 4.04. The molecule has 2 aliphatic heterocycles. The van der Waals surface area contributed by atoms with Crippen LogP contribution in [0, 0.1) is 11.8 Å². The molecule has 0 spiro atoms. The third-order valence-electron chi connectivity index (χ3n) is 10.8. The number of imidazole rings is 2. The summed E-state index contributed by atoms with van der Waals surface area (Å²) in [6.07, 6.45) is 5.68. The molecular formula is C40H48N8O6S2. The van der Waals surface area contributed by atoms with Crippen LogP contribution in [0.25, 0.3) is 43.0 Å². The van der Waals surface area contributed by atoms with Gasteiger partial charge < -0.3 is 39.9 Å². The van der Waals surface area contributed by atoms with E-state index in [1.807, 2.05) is 49.9 Å². The standard InChI is InChI=1S/C40H48N8O6S2/c1-21(2)31(45-39(51)53-5)37(49)47-15-7-9-29(47)35-41-17-27(43-35)24-13-11-23(12-14-24)25-19-55-34-26(20-56-33(25)34)28-18-42-36(44-28)30-10-8-16-48(30)38(50)32(22(3)4)46-40(52)54-6/h11-14,17-22,29-32H,7-10,15-16H2,1-6H3,(H,41,43)(H,42,44)(H,45,51)(H,46,52)/t29-,30?,31-,32-/m0/s1. The molecule has 1 aromatic carbocycles. The van der Waals surface area contributed by atoms with Crippen LogP contribution >= 0.6 is 22.7 Å². The number of likely N-dealkylation sites (tertiary alicyclic amines) is 2. The smallest absolute Gasteiger partial charge is 0.407 e. The fourth-order valence-electron chi connectivity index (χ4n) is 7.72. The number of alkyl carbamates (subject to hydrolysis) is 2. The SMILES string of the molecule is COC(=O)N[C@H](C(=O)N1CCCC1c1ncc(-c2csc3c(-c4ccc(-c5cnc([C@@H]6CCCN6C(=O)[C@@H](NC(=O)OC)C(C)C)[nH]5)cc4)csc23)[nH]1)C(C)C. The number of aromatic amines is 2. The zero-order valence-electron chi connectivity index (χ0n) is 32.4. The minimum absolute atomic E-state index is 0.105. The number of hydrogen-bond acceptors (Lipinski definition) is 10. The van der Waals surface area contributed by atoms with Crippen molar-refractivity contribution in [3.63, 3.8) is 0 Å². The predicted octanol–water partition coefficient (Wildman–Crippen LogP) is 7.50. The first-order chi connectivity index (χ1) is 27.0. The number of nitrogens with zero attached hydrogens (tertiary/aromatic N) is 4. The summed E-state index contributed by atoms with van der Waals surface area (Å²) < 4.78 is 11.9. The highest BCUT2D eigenvalue weighted by molar-refractivity contribution is 7.27. The van der Waals surface area contributed by atoms with E-state index < -0.39 is 24.3 Å². The molecule has 6 heterocycles. The molecule has 4 amide bonds. The van der Waals surface area contributed by atoms with Crippen LogP contribution in [0.2, 0.25) is 0 Å². The first kappa shape index (κ1) is 39.0. The van der Waals surface area contributed by atoms with Crippen LogP contribution in [-0.4, -0.2) is 93.1 Å². The van der Waals surface area contributed by atoms with Crippen molar-refractivity contribution in [2.45, 2.75) is 77.5 Å². The van der Waals surface area contributed by atoms with Crippen molar-refractivity contribution in [2.75, 3.05) is 27.3 Å². The third kappa shape index (κ3) is 7.63. The van der Waals surface area contributed by atoms with E-state index in [0.717, 1.165) is 71.0 Å². The molecule has 5 aromatic rings. The summed E-state index contributed by atoms with van der Waals surface area (Å²) in [5.41, 5.74) is 6.08. The second-order valence-electron chi connectivity index (χ2n) is 15.0. The lowest BCUT2D eigenvalue weighted by Crippen LogP contribution is -2.51. The first-order valence-electron chi connectivity index (χ1n) is 19.0.